The van der Waals surface area contributed by atoms with Crippen LogP contribution < -0.4 is 5.32 Å². The highest BCUT2D eigenvalue weighted by molar-refractivity contribution is 7.89. The van der Waals surface area contributed by atoms with Gasteiger partial charge in [0.1, 0.15) is 29.2 Å². The van der Waals surface area contributed by atoms with Crippen LogP contribution in [0, 0.1) is 17.6 Å². The van der Waals surface area contributed by atoms with Gasteiger partial charge in [-0.2, -0.15) is 9.40 Å². The van der Waals surface area contributed by atoms with E-state index in [1.165, 1.54) is 6.33 Å². The molecule has 1 N–H and O–H groups in total. The summed E-state index contributed by atoms with van der Waals surface area (Å²) < 4.78 is 55.6. The van der Waals surface area contributed by atoms with Crippen molar-refractivity contribution < 1.29 is 22.0 Å². The van der Waals surface area contributed by atoms with Gasteiger partial charge in [-0.15, -0.1) is 0 Å². The van der Waals surface area contributed by atoms with Crippen molar-refractivity contribution in [3.63, 3.8) is 0 Å². The summed E-state index contributed by atoms with van der Waals surface area (Å²) in [7, 11) is -4.18. The minimum Gasteiger partial charge on any atom is -0.349 e. The molecule has 0 spiro atoms. The van der Waals surface area contributed by atoms with E-state index >= 15 is 0 Å². The van der Waals surface area contributed by atoms with Gasteiger partial charge in [-0.25, -0.2) is 26.9 Å². The van der Waals surface area contributed by atoms with Gasteiger partial charge >= 0.3 is 0 Å². The summed E-state index contributed by atoms with van der Waals surface area (Å²) in [6.45, 7) is 1.98. The van der Waals surface area contributed by atoms with Crippen molar-refractivity contribution in [2.24, 2.45) is 5.92 Å². The van der Waals surface area contributed by atoms with Crippen LogP contribution in [0.25, 0.3) is 5.69 Å². The molecular formula is C22H23F2N5O3S. The average Bonchev–Trinajstić information content (AvgIpc) is 3.36. The van der Waals surface area contributed by atoms with Crippen LogP contribution in [0.15, 0.2) is 60.0 Å². The molecule has 0 aliphatic carbocycles. The van der Waals surface area contributed by atoms with Crippen LogP contribution in [0.1, 0.15) is 31.4 Å². The molecule has 0 bridgehead atoms. The Bertz CT molecular complexity index is 1230. The molecule has 1 atom stereocenters. The van der Waals surface area contributed by atoms with E-state index in [0.717, 1.165) is 27.7 Å². The van der Waals surface area contributed by atoms with Gasteiger partial charge in [0.05, 0.1) is 11.7 Å². The first-order chi connectivity index (χ1) is 15.8. The Kier molecular flexibility index (Phi) is 6.52. The molecule has 1 unspecified atom stereocenters. The lowest BCUT2D eigenvalue weighted by Gasteiger charge is -2.31. The number of amides is 1. The molecular weight excluding hydrogens is 452 g/mol. The SMILES string of the molecule is CC(NC(=O)C1CCN(S(=O)(=O)c2cc(F)ccc2F)CC1)c1ccc(-n2cncn2)cc1. The van der Waals surface area contributed by atoms with Gasteiger partial charge in [-0.3, -0.25) is 4.79 Å². The third kappa shape index (κ3) is 4.93. The van der Waals surface area contributed by atoms with Crippen LogP contribution >= 0.6 is 0 Å². The molecule has 4 rings (SSSR count). The highest BCUT2D eigenvalue weighted by Crippen LogP contribution is 2.26. The molecule has 1 aromatic heterocycles. The molecule has 174 valence electrons. The van der Waals surface area contributed by atoms with E-state index in [-0.39, 0.29) is 31.0 Å². The van der Waals surface area contributed by atoms with Gasteiger partial charge in [0, 0.05) is 19.0 Å². The Morgan fingerprint density at radius 2 is 1.82 bits per heavy atom. The first-order valence-corrected chi connectivity index (χ1v) is 11.9. The summed E-state index contributed by atoms with van der Waals surface area (Å²) in [6, 6.07) is 9.64. The summed E-state index contributed by atoms with van der Waals surface area (Å²) in [5.41, 5.74) is 1.76. The maximum absolute atomic E-state index is 14.0. The minimum absolute atomic E-state index is 0.0529. The summed E-state index contributed by atoms with van der Waals surface area (Å²) in [6.07, 6.45) is 3.62. The zero-order valence-corrected chi connectivity index (χ0v) is 18.7. The van der Waals surface area contributed by atoms with Crippen LogP contribution in [-0.4, -0.2) is 46.5 Å². The second-order valence-electron chi connectivity index (χ2n) is 7.91. The van der Waals surface area contributed by atoms with Crippen LogP contribution in [0.4, 0.5) is 8.78 Å². The fraction of sp³-hybridized carbons (Fsp3) is 0.318. The van der Waals surface area contributed by atoms with E-state index in [2.05, 4.69) is 15.4 Å². The predicted molar refractivity (Wildman–Crippen MR) is 116 cm³/mol. The summed E-state index contributed by atoms with van der Waals surface area (Å²) in [4.78, 5) is 16.0. The number of rotatable bonds is 6. The lowest BCUT2D eigenvalue weighted by Crippen LogP contribution is -2.43. The lowest BCUT2D eigenvalue weighted by molar-refractivity contribution is -0.126. The molecule has 1 saturated heterocycles. The molecule has 0 radical (unpaired) electrons. The molecule has 2 aromatic carbocycles. The number of sulfonamides is 1. The maximum Gasteiger partial charge on any atom is 0.246 e. The molecule has 1 aliphatic rings. The summed E-state index contributed by atoms with van der Waals surface area (Å²) in [5, 5.41) is 7.04. The monoisotopic (exact) mass is 475 g/mol. The van der Waals surface area contributed by atoms with Crippen molar-refractivity contribution in [1.82, 2.24) is 24.4 Å². The first-order valence-electron chi connectivity index (χ1n) is 10.5. The largest absolute Gasteiger partial charge is 0.349 e. The van der Waals surface area contributed by atoms with Crippen molar-refractivity contribution in [1.29, 1.82) is 0 Å². The quantitative estimate of drug-likeness (QED) is 0.591. The number of benzene rings is 2. The number of piperidine rings is 1. The molecule has 3 aromatic rings. The van der Waals surface area contributed by atoms with Crippen molar-refractivity contribution in [2.45, 2.75) is 30.7 Å². The number of hydrogen-bond donors (Lipinski definition) is 1. The van der Waals surface area contributed by atoms with Crippen molar-refractivity contribution in [3.05, 3.63) is 72.3 Å². The van der Waals surface area contributed by atoms with Crippen molar-refractivity contribution in [2.75, 3.05) is 13.1 Å². The highest BCUT2D eigenvalue weighted by Gasteiger charge is 2.34. The third-order valence-corrected chi connectivity index (χ3v) is 7.68. The number of halogens is 2. The molecule has 1 amide bonds. The van der Waals surface area contributed by atoms with E-state index < -0.39 is 26.6 Å². The fourth-order valence-electron chi connectivity index (χ4n) is 3.84. The van der Waals surface area contributed by atoms with Crippen LogP contribution in [0.3, 0.4) is 0 Å². The second-order valence-corrected chi connectivity index (χ2v) is 9.82. The normalized spacial score (nSPS) is 16.5. The summed E-state index contributed by atoms with van der Waals surface area (Å²) in [5.74, 6) is -2.37. The third-order valence-electron chi connectivity index (χ3n) is 5.77. The standard InChI is InChI=1S/C22H23F2N5O3S/c1-15(16-2-5-19(6-3-16)29-14-25-13-26-29)27-22(30)17-8-10-28(11-9-17)33(31,32)21-12-18(23)4-7-20(21)24/h2-7,12-15,17H,8-11H2,1H3,(H,27,30). The number of nitrogens with zero attached hydrogens (tertiary/aromatic N) is 4. The number of nitrogens with one attached hydrogen (secondary N) is 1. The predicted octanol–water partition coefficient (Wildman–Crippen LogP) is 2.82. The molecule has 11 heteroatoms. The maximum atomic E-state index is 14.0. The number of hydrogen-bond acceptors (Lipinski definition) is 5. The number of carbonyl (C=O) groups excluding carboxylic acids is 1. The average molecular weight is 476 g/mol. The number of carbonyl (C=O) groups is 1. The molecule has 33 heavy (non-hydrogen) atoms. The molecule has 2 heterocycles. The molecule has 1 aliphatic heterocycles. The minimum atomic E-state index is -4.18. The van der Waals surface area contributed by atoms with Gasteiger partial charge in [-0.05, 0) is 55.7 Å². The molecule has 8 nitrogen and oxygen atoms in total. The van der Waals surface area contributed by atoms with Gasteiger partial charge in [-0.1, -0.05) is 12.1 Å². The Morgan fingerprint density at radius 3 is 2.45 bits per heavy atom. The van der Waals surface area contributed by atoms with Gasteiger partial charge in [0.15, 0.2) is 0 Å². The van der Waals surface area contributed by atoms with Crippen LogP contribution in [-0.2, 0) is 14.8 Å². The van der Waals surface area contributed by atoms with E-state index in [1.54, 1.807) is 11.0 Å². The molecule has 1 fully saturated rings. The smallest absolute Gasteiger partial charge is 0.246 e. The van der Waals surface area contributed by atoms with Crippen LogP contribution in [0.5, 0.6) is 0 Å². The number of aromatic nitrogens is 3. The molecule has 0 saturated carbocycles. The lowest BCUT2D eigenvalue weighted by atomic mass is 9.96. The van der Waals surface area contributed by atoms with E-state index in [0.29, 0.717) is 18.9 Å². The van der Waals surface area contributed by atoms with Gasteiger partial charge in [0.25, 0.3) is 0 Å². The van der Waals surface area contributed by atoms with Gasteiger partial charge in [0.2, 0.25) is 15.9 Å². The fourth-order valence-corrected chi connectivity index (χ4v) is 5.39. The zero-order valence-electron chi connectivity index (χ0n) is 17.9. The summed E-state index contributed by atoms with van der Waals surface area (Å²) >= 11 is 0. The highest BCUT2D eigenvalue weighted by atomic mass is 32.2. The van der Waals surface area contributed by atoms with E-state index in [1.807, 2.05) is 31.2 Å². The Hall–Kier alpha value is -3.18. The van der Waals surface area contributed by atoms with Crippen molar-refractivity contribution in [3.8, 4) is 5.69 Å². The van der Waals surface area contributed by atoms with E-state index in [9.17, 15) is 22.0 Å². The van der Waals surface area contributed by atoms with Crippen molar-refractivity contribution >= 4 is 15.9 Å². The Labute approximate surface area is 190 Å². The first kappa shape index (κ1) is 23.0. The Morgan fingerprint density at radius 1 is 1.12 bits per heavy atom. The van der Waals surface area contributed by atoms with E-state index in [4.69, 9.17) is 0 Å². The Balaban J connectivity index is 1.35. The topological polar surface area (TPSA) is 97.2 Å². The van der Waals surface area contributed by atoms with Crippen LogP contribution in [0.2, 0.25) is 0 Å². The van der Waals surface area contributed by atoms with Gasteiger partial charge < -0.3 is 5.32 Å². The zero-order chi connectivity index (χ0) is 23.6. The second kappa shape index (κ2) is 9.36.